The maximum atomic E-state index is 8.56. The van der Waals surface area contributed by atoms with E-state index in [4.69, 9.17) is 10.2 Å². The predicted octanol–water partition coefficient (Wildman–Crippen LogP) is 8.42. The van der Waals surface area contributed by atoms with Crippen molar-refractivity contribution in [2.75, 3.05) is 0 Å². The van der Waals surface area contributed by atoms with Crippen LogP contribution in [0.5, 0.6) is 0 Å². The Morgan fingerprint density at radius 3 is 1.45 bits per heavy atom. The number of benzene rings is 6. The van der Waals surface area contributed by atoms with Gasteiger partial charge in [0.1, 0.15) is 12.7 Å². The minimum atomic E-state index is -0.375. The van der Waals surface area contributed by atoms with E-state index in [9.17, 15) is 0 Å². The number of fused-ring (bicyclic) bond motifs is 12. The molecule has 0 fully saturated rings. The van der Waals surface area contributed by atoms with Crippen LogP contribution in [0, 0.1) is 19.9 Å². The summed E-state index contributed by atoms with van der Waals surface area (Å²) in [6.07, 6.45) is 3.01. The Balaban J connectivity index is 0.000000172. The van der Waals surface area contributed by atoms with Crippen LogP contribution in [0.1, 0.15) is 31.7 Å². The summed E-state index contributed by atoms with van der Waals surface area (Å²) in [5.74, 6) is 0. The minimum Gasteiger partial charge on any atom is -0.393 e. The predicted molar refractivity (Wildman–Crippen MR) is 185 cm³/mol. The smallest absolute Gasteiger partial charge is 0.116 e. The summed E-state index contributed by atoms with van der Waals surface area (Å²) in [7, 11) is 0. The summed E-state index contributed by atoms with van der Waals surface area (Å²) in [5.41, 5.74) is 4.08. The van der Waals surface area contributed by atoms with Gasteiger partial charge in [-0.3, -0.25) is 4.98 Å². The quantitative estimate of drug-likeness (QED) is 0.134. The Morgan fingerprint density at radius 2 is 0.936 bits per heavy atom. The number of aryl methyl sites for hydroxylation is 2. The summed E-state index contributed by atoms with van der Waals surface area (Å²) < 4.78 is 0. The van der Waals surface area contributed by atoms with Crippen LogP contribution in [0.4, 0.5) is 0 Å². The SMILES string of the molecule is CC(O)CC(C)O.Cc1ncnc2c3[c-]cccc3c3ccccc3c12.Cc1ncnc2c3ccccc3c3ccccc3c12.[Ir].[Ir]. The van der Waals surface area contributed by atoms with E-state index < -0.39 is 0 Å². The molecule has 8 aromatic rings. The van der Waals surface area contributed by atoms with Gasteiger partial charge in [-0.1, -0.05) is 83.6 Å². The van der Waals surface area contributed by atoms with Crippen molar-refractivity contribution in [3.63, 3.8) is 0 Å². The zero-order valence-electron chi connectivity index (χ0n) is 26.5. The molecule has 0 saturated carbocycles. The van der Waals surface area contributed by atoms with Gasteiger partial charge in [-0.2, -0.15) is 0 Å². The molecule has 8 rings (SSSR count). The van der Waals surface area contributed by atoms with E-state index >= 15 is 0 Å². The van der Waals surface area contributed by atoms with Crippen LogP contribution in [0.25, 0.3) is 64.9 Å². The van der Waals surface area contributed by atoms with Gasteiger partial charge in [0.25, 0.3) is 0 Å². The monoisotopic (exact) mass is 977 g/mol. The van der Waals surface area contributed by atoms with E-state index in [-0.39, 0.29) is 52.4 Å². The van der Waals surface area contributed by atoms with E-state index in [1.54, 1.807) is 26.5 Å². The van der Waals surface area contributed by atoms with E-state index in [2.05, 4.69) is 105 Å². The zero-order valence-corrected chi connectivity index (χ0v) is 31.3. The van der Waals surface area contributed by atoms with Gasteiger partial charge in [-0.25, -0.2) is 15.0 Å². The first-order valence-electron chi connectivity index (χ1n) is 15.1. The second kappa shape index (κ2) is 15.9. The average Bonchev–Trinajstić information content (AvgIpc) is 3.05. The normalized spacial score (nSPS) is 12.0. The maximum absolute atomic E-state index is 8.56. The van der Waals surface area contributed by atoms with Crippen LogP contribution < -0.4 is 0 Å². The van der Waals surface area contributed by atoms with Gasteiger partial charge < -0.3 is 10.2 Å². The summed E-state index contributed by atoms with van der Waals surface area (Å²) in [6.45, 7) is 7.40. The topological polar surface area (TPSA) is 92.0 Å². The third kappa shape index (κ3) is 7.39. The van der Waals surface area contributed by atoms with Crippen LogP contribution in [-0.4, -0.2) is 42.4 Å². The fourth-order valence-electron chi connectivity index (χ4n) is 6.13. The van der Waals surface area contributed by atoms with Gasteiger partial charge in [0.15, 0.2) is 0 Å². The van der Waals surface area contributed by atoms with Crippen LogP contribution in [-0.2, 0) is 40.2 Å². The molecule has 2 atom stereocenters. The largest absolute Gasteiger partial charge is 0.393 e. The van der Waals surface area contributed by atoms with Crippen molar-refractivity contribution in [3.05, 3.63) is 121 Å². The molecule has 6 nitrogen and oxygen atoms in total. The van der Waals surface area contributed by atoms with Crippen molar-refractivity contribution >= 4 is 64.9 Å². The summed E-state index contributed by atoms with van der Waals surface area (Å²) in [4.78, 5) is 17.7. The molecule has 6 aromatic carbocycles. The standard InChI is InChI=1S/C17H12N2.C17H11N2.C5H12O2.2Ir/c2*1-11-16-14-8-4-2-6-12(14)13-7-3-5-9-15(13)17(16)19-10-18-11;1-4(6)3-5(2)7;;/h2-10H,1H3;2-8,10H,1H3;4-7H,3H2,1-2H3;;/q;-1;;;. The van der Waals surface area contributed by atoms with E-state index in [1.807, 2.05) is 26.0 Å². The average molecular weight is 976 g/mol. The molecular formula is C39H35Ir2N4O2-. The fourth-order valence-corrected chi connectivity index (χ4v) is 6.13. The minimum absolute atomic E-state index is 0. The number of hydrogen-bond donors (Lipinski definition) is 2. The second-order valence-corrected chi connectivity index (χ2v) is 11.4. The summed E-state index contributed by atoms with van der Waals surface area (Å²) >= 11 is 0. The molecule has 0 spiro atoms. The number of nitrogens with zero attached hydrogens (tertiary/aromatic N) is 4. The van der Waals surface area contributed by atoms with Crippen molar-refractivity contribution in [1.82, 2.24) is 19.9 Å². The van der Waals surface area contributed by atoms with E-state index in [0.29, 0.717) is 6.42 Å². The first-order chi connectivity index (χ1) is 21.8. The molecule has 0 aliphatic rings. The number of aromatic nitrogens is 4. The molecular weight excluding hydrogens is 941 g/mol. The molecule has 8 heteroatoms. The van der Waals surface area contributed by atoms with E-state index in [1.165, 1.54) is 37.7 Å². The number of hydrogen-bond acceptors (Lipinski definition) is 6. The zero-order chi connectivity index (χ0) is 31.5. The van der Waals surface area contributed by atoms with Crippen LogP contribution in [0.15, 0.2) is 104 Å². The maximum Gasteiger partial charge on any atom is 0.116 e. The number of rotatable bonds is 2. The molecule has 0 bridgehead atoms. The molecule has 2 N–H and O–H groups in total. The fraction of sp³-hybridized carbons (Fsp3) is 0.179. The summed E-state index contributed by atoms with van der Waals surface area (Å²) in [5, 5.41) is 29.1. The molecule has 2 aromatic heterocycles. The van der Waals surface area contributed by atoms with Crippen molar-refractivity contribution < 1.29 is 50.4 Å². The molecule has 2 radical (unpaired) electrons. The van der Waals surface area contributed by atoms with Crippen molar-refractivity contribution in [3.8, 4) is 0 Å². The van der Waals surface area contributed by atoms with Gasteiger partial charge in [-0.15, -0.1) is 29.7 Å². The molecule has 0 aliphatic heterocycles. The molecule has 0 saturated heterocycles. The Hall–Kier alpha value is -3.74. The Bertz CT molecular complexity index is 2060. The summed E-state index contributed by atoms with van der Waals surface area (Å²) in [6, 6.07) is 34.8. The van der Waals surface area contributed by atoms with Gasteiger partial charge in [0.2, 0.25) is 0 Å². The van der Waals surface area contributed by atoms with Crippen molar-refractivity contribution in [2.45, 2.75) is 46.3 Å². The molecule has 0 aliphatic carbocycles. The van der Waals surface area contributed by atoms with Crippen molar-refractivity contribution in [1.29, 1.82) is 0 Å². The molecule has 2 heterocycles. The number of aliphatic hydroxyl groups excluding tert-OH is 2. The van der Waals surface area contributed by atoms with Crippen LogP contribution in [0.3, 0.4) is 0 Å². The first-order valence-corrected chi connectivity index (χ1v) is 15.1. The molecule has 2 unspecified atom stereocenters. The van der Waals surface area contributed by atoms with Gasteiger partial charge in [-0.05, 0) is 66.6 Å². The Labute approximate surface area is 301 Å². The number of aliphatic hydroxyl groups is 2. The molecule has 242 valence electrons. The Morgan fingerprint density at radius 1 is 0.532 bits per heavy atom. The first kappa shape index (κ1) is 36.1. The van der Waals surface area contributed by atoms with Gasteiger partial charge in [0.05, 0.1) is 17.7 Å². The van der Waals surface area contributed by atoms with Crippen molar-refractivity contribution in [2.24, 2.45) is 0 Å². The van der Waals surface area contributed by atoms with Crippen LogP contribution in [0.2, 0.25) is 0 Å². The van der Waals surface area contributed by atoms with Gasteiger partial charge in [0, 0.05) is 62.4 Å². The second-order valence-electron chi connectivity index (χ2n) is 11.4. The molecule has 47 heavy (non-hydrogen) atoms. The third-order valence-corrected chi connectivity index (χ3v) is 8.00. The molecule has 0 amide bonds. The van der Waals surface area contributed by atoms with Crippen LogP contribution >= 0.6 is 0 Å². The third-order valence-electron chi connectivity index (χ3n) is 8.00. The van der Waals surface area contributed by atoms with Gasteiger partial charge >= 0.3 is 0 Å². The Kier molecular flexibility index (Phi) is 12.2. The van der Waals surface area contributed by atoms with E-state index in [0.717, 1.165) is 38.6 Å².